The Morgan fingerprint density at radius 1 is 1.00 bits per heavy atom. The molecule has 2 heterocycles. The fourth-order valence-electron chi connectivity index (χ4n) is 2.52. The van der Waals surface area contributed by atoms with Crippen molar-refractivity contribution in [1.29, 1.82) is 0 Å². The maximum absolute atomic E-state index is 13.5. The SMILES string of the molecule is FC(F)(F)C(Oc1cnc2ccccc2n1)c1ccc2c(c1)OCO2. The summed E-state index contributed by atoms with van der Waals surface area (Å²) in [5.41, 5.74) is 0.916. The van der Waals surface area contributed by atoms with E-state index in [2.05, 4.69) is 9.97 Å². The van der Waals surface area contributed by atoms with Gasteiger partial charge >= 0.3 is 6.18 Å². The molecular formula is C17H11F3N2O3. The molecule has 8 heteroatoms. The molecule has 25 heavy (non-hydrogen) atoms. The molecule has 4 rings (SSSR count). The van der Waals surface area contributed by atoms with E-state index >= 15 is 0 Å². The number of para-hydroxylation sites is 2. The molecule has 3 aromatic rings. The average Bonchev–Trinajstić information content (AvgIpc) is 3.06. The Kier molecular flexibility index (Phi) is 3.60. The molecule has 0 saturated heterocycles. The zero-order valence-corrected chi connectivity index (χ0v) is 12.7. The maximum atomic E-state index is 13.5. The van der Waals surface area contributed by atoms with Gasteiger partial charge in [0.1, 0.15) is 0 Å². The van der Waals surface area contributed by atoms with Crippen molar-refractivity contribution in [3.63, 3.8) is 0 Å². The van der Waals surface area contributed by atoms with Gasteiger partial charge < -0.3 is 14.2 Å². The van der Waals surface area contributed by atoms with E-state index in [0.29, 0.717) is 16.8 Å². The minimum atomic E-state index is -4.64. The molecule has 1 aromatic heterocycles. The second kappa shape index (κ2) is 5.80. The van der Waals surface area contributed by atoms with E-state index in [9.17, 15) is 13.2 Å². The maximum Gasteiger partial charge on any atom is 0.429 e. The van der Waals surface area contributed by atoms with Gasteiger partial charge in [-0.2, -0.15) is 13.2 Å². The fourth-order valence-corrected chi connectivity index (χ4v) is 2.52. The molecule has 0 saturated carbocycles. The molecule has 0 aliphatic carbocycles. The first-order valence-electron chi connectivity index (χ1n) is 7.35. The number of ether oxygens (including phenoxy) is 3. The molecule has 128 valence electrons. The van der Waals surface area contributed by atoms with Crippen molar-refractivity contribution < 1.29 is 27.4 Å². The summed E-state index contributed by atoms with van der Waals surface area (Å²) in [5, 5.41) is 0. The highest BCUT2D eigenvalue weighted by Crippen LogP contribution is 2.41. The van der Waals surface area contributed by atoms with Gasteiger partial charge in [-0.1, -0.05) is 18.2 Å². The third kappa shape index (κ3) is 3.02. The Hall–Kier alpha value is -3.03. The zero-order valence-electron chi connectivity index (χ0n) is 12.7. The van der Waals surface area contributed by atoms with Gasteiger partial charge in [0, 0.05) is 5.56 Å². The normalized spacial score (nSPS) is 14.5. The summed E-state index contributed by atoms with van der Waals surface area (Å²) in [5.74, 6) is 0.439. The number of nitrogens with zero attached hydrogens (tertiary/aromatic N) is 2. The molecule has 0 radical (unpaired) electrons. The van der Waals surface area contributed by atoms with Gasteiger partial charge in [0.05, 0.1) is 17.2 Å². The van der Waals surface area contributed by atoms with Crippen LogP contribution < -0.4 is 14.2 Å². The second-order valence-electron chi connectivity index (χ2n) is 5.35. The Morgan fingerprint density at radius 3 is 2.56 bits per heavy atom. The van der Waals surface area contributed by atoms with Gasteiger partial charge in [0.15, 0.2) is 11.5 Å². The highest BCUT2D eigenvalue weighted by Gasteiger charge is 2.44. The lowest BCUT2D eigenvalue weighted by atomic mass is 10.1. The second-order valence-corrected chi connectivity index (χ2v) is 5.35. The molecule has 0 spiro atoms. The minimum Gasteiger partial charge on any atom is -0.459 e. The van der Waals surface area contributed by atoms with Crippen molar-refractivity contribution in [2.75, 3.05) is 6.79 Å². The lowest BCUT2D eigenvalue weighted by Gasteiger charge is -2.21. The zero-order chi connectivity index (χ0) is 17.4. The Morgan fingerprint density at radius 2 is 1.76 bits per heavy atom. The quantitative estimate of drug-likeness (QED) is 0.715. The van der Waals surface area contributed by atoms with Crippen LogP contribution in [0.2, 0.25) is 0 Å². The number of benzene rings is 2. The van der Waals surface area contributed by atoms with Crippen molar-refractivity contribution >= 4 is 11.0 Å². The number of alkyl halides is 3. The van der Waals surface area contributed by atoms with E-state index in [1.807, 2.05) is 0 Å². The van der Waals surface area contributed by atoms with E-state index in [-0.39, 0.29) is 24.0 Å². The van der Waals surface area contributed by atoms with Crippen LogP contribution in [0.25, 0.3) is 11.0 Å². The minimum absolute atomic E-state index is 0.0214. The van der Waals surface area contributed by atoms with Crippen LogP contribution in [0.1, 0.15) is 11.7 Å². The topological polar surface area (TPSA) is 53.5 Å². The van der Waals surface area contributed by atoms with Crippen molar-refractivity contribution in [2.24, 2.45) is 0 Å². The van der Waals surface area contributed by atoms with Gasteiger partial charge in [-0.15, -0.1) is 0 Å². The van der Waals surface area contributed by atoms with E-state index in [1.54, 1.807) is 24.3 Å². The van der Waals surface area contributed by atoms with Crippen LogP contribution in [-0.2, 0) is 0 Å². The predicted molar refractivity (Wildman–Crippen MR) is 81.5 cm³/mol. The van der Waals surface area contributed by atoms with Crippen molar-refractivity contribution in [3.05, 3.63) is 54.2 Å². The molecule has 0 bridgehead atoms. The summed E-state index contributed by atoms with van der Waals surface area (Å²) in [7, 11) is 0. The third-order valence-electron chi connectivity index (χ3n) is 3.66. The molecule has 1 aliphatic heterocycles. The van der Waals surface area contributed by atoms with Gasteiger partial charge in [0.2, 0.25) is 18.8 Å². The highest BCUT2D eigenvalue weighted by atomic mass is 19.4. The molecule has 1 unspecified atom stereocenters. The summed E-state index contributed by atoms with van der Waals surface area (Å²) in [6, 6.07) is 10.8. The number of aromatic nitrogens is 2. The van der Waals surface area contributed by atoms with Crippen LogP contribution in [0.4, 0.5) is 13.2 Å². The van der Waals surface area contributed by atoms with Crippen LogP contribution in [0, 0.1) is 0 Å². The first-order valence-corrected chi connectivity index (χ1v) is 7.35. The van der Waals surface area contributed by atoms with E-state index in [0.717, 1.165) is 0 Å². The highest BCUT2D eigenvalue weighted by molar-refractivity contribution is 5.73. The van der Waals surface area contributed by atoms with E-state index in [4.69, 9.17) is 14.2 Å². The molecule has 5 nitrogen and oxygen atoms in total. The summed E-state index contributed by atoms with van der Waals surface area (Å²) in [6.45, 7) is -0.0214. The average molecular weight is 348 g/mol. The molecular weight excluding hydrogens is 337 g/mol. The van der Waals surface area contributed by atoms with Crippen molar-refractivity contribution in [2.45, 2.75) is 12.3 Å². The van der Waals surface area contributed by atoms with Gasteiger partial charge in [0.25, 0.3) is 0 Å². The van der Waals surface area contributed by atoms with E-state index in [1.165, 1.54) is 24.4 Å². The molecule has 1 aliphatic rings. The number of hydrogen-bond acceptors (Lipinski definition) is 5. The molecule has 0 fully saturated rings. The van der Waals surface area contributed by atoms with E-state index < -0.39 is 12.3 Å². The largest absolute Gasteiger partial charge is 0.459 e. The number of rotatable bonds is 3. The van der Waals surface area contributed by atoms with Crippen LogP contribution in [0.3, 0.4) is 0 Å². The first kappa shape index (κ1) is 15.5. The molecule has 0 amide bonds. The molecule has 2 aromatic carbocycles. The summed E-state index contributed by atoms with van der Waals surface area (Å²) in [6.07, 6.45) is -5.66. The number of halogens is 3. The predicted octanol–water partition coefficient (Wildman–Crippen LogP) is 4.04. The summed E-state index contributed by atoms with van der Waals surface area (Å²) < 4.78 is 55.9. The van der Waals surface area contributed by atoms with Crippen molar-refractivity contribution in [3.8, 4) is 17.4 Å². The van der Waals surface area contributed by atoms with Crippen LogP contribution in [0.15, 0.2) is 48.7 Å². The van der Waals surface area contributed by atoms with Gasteiger partial charge in [-0.25, -0.2) is 9.97 Å². The van der Waals surface area contributed by atoms with Crippen molar-refractivity contribution in [1.82, 2.24) is 9.97 Å². The molecule has 0 N–H and O–H groups in total. The Labute approximate surface area is 140 Å². The fraction of sp³-hybridized carbons (Fsp3) is 0.176. The number of fused-ring (bicyclic) bond motifs is 2. The number of hydrogen-bond donors (Lipinski definition) is 0. The smallest absolute Gasteiger partial charge is 0.429 e. The van der Waals surface area contributed by atoms with Gasteiger partial charge in [-0.3, -0.25) is 0 Å². The van der Waals surface area contributed by atoms with Crippen LogP contribution >= 0.6 is 0 Å². The standard InChI is InChI=1S/C17H11F3N2O3/c18-17(19,20)16(10-5-6-13-14(7-10)24-9-23-13)25-15-8-21-11-3-1-2-4-12(11)22-15/h1-8,16H,9H2. The lowest BCUT2D eigenvalue weighted by molar-refractivity contribution is -0.198. The monoisotopic (exact) mass is 348 g/mol. The molecule has 1 atom stereocenters. The van der Waals surface area contributed by atoms with Crippen LogP contribution in [-0.4, -0.2) is 22.9 Å². The summed E-state index contributed by atoms with van der Waals surface area (Å²) in [4.78, 5) is 8.15. The lowest BCUT2D eigenvalue weighted by Crippen LogP contribution is -2.26. The van der Waals surface area contributed by atoms with Crippen LogP contribution in [0.5, 0.6) is 17.4 Å². The Bertz CT molecular complexity index is 930. The van der Waals surface area contributed by atoms with Gasteiger partial charge in [-0.05, 0) is 24.3 Å². The summed E-state index contributed by atoms with van der Waals surface area (Å²) >= 11 is 0. The Balaban J connectivity index is 1.69. The third-order valence-corrected chi connectivity index (χ3v) is 3.66. The first-order chi connectivity index (χ1) is 12.0.